The normalized spacial score (nSPS) is 10.5. The first kappa shape index (κ1) is 10.9. The molecule has 0 aliphatic carbocycles. The Morgan fingerprint density at radius 2 is 2.40 bits per heavy atom. The molecule has 15 heavy (non-hydrogen) atoms. The largest absolute Gasteiger partial charge is 0.363 e. The number of aromatic nitrogens is 2. The van der Waals surface area contributed by atoms with Crippen molar-refractivity contribution in [1.82, 2.24) is 10.2 Å². The minimum absolute atomic E-state index is 0.883. The lowest BCUT2D eigenvalue weighted by Crippen LogP contribution is -1.84. The van der Waals surface area contributed by atoms with Gasteiger partial charge in [0.2, 0.25) is 5.13 Å². The molecule has 0 spiro atoms. The minimum atomic E-state index is 0.883. The minimum Gasteiger partial charge on any atom is -0.363 e. The van der Waals surface area contributed by atoms with Crippen LogP contribution in [0.25, 0.3) is 0 Å². The average molecular weight is 257 g/mol. The summed E-state index contributed by atoms with van der Waals surface area (Å²) in [5.41, 5.74) is 0. The highest BCUT2D eigenvalue weighted by molar-refractivity contribution is 8.01. The van der Waals surface area contributed by atoms with Crippen LogP contribution in [0.15, 0.2) is 21.9 Å². The van der Waals surface area contributed by atoms with Crippen LogP contribution in [-0.4, -0.2) is 23.0 Å². The van der Waals surface area contributed by atoms with Crippen LogP contribution < -0.4 is 5.32 Å². The molecule has 0 atom stereocenters. The third-order valence-electron chi connectivity index (χ3n) is 1.77. The van der Waals surface area contributed by atoms with Crippen molar-refractivity contribution < 1.29 is 0 Å². The van der Waals surface area contributed by atoms with E-state index >= 15 is 0 Å². The van der Waals surface area contributed by atoms with Gasteiger partial charge in [-0.15, -0.1) is 21.5 Å². The maximum Gasteiger partial charge on any atom is 0.206 e. The average Bonchev–Trinajstić information content (AvgIpc) is 2.88. The lowest BCUT2D eigenvalue weighted by atomic mass is 10.4. The summed E-state index contributed by atoms with van der Waals surface area (Å²) in [6, 6.07) is 4.26. The number of hydrogen-bond donors (Lipinski definition) is 1. The van der Waals surface area contributed by atoms with Gasteiger partial charge in [0.05, 0.1) is 0 Å². The summed E-state index contributed by atoms with van der Waals surface area (Å²) in [7, 11) is 1.86. The number of thioether (sulfide) groups is 1. The van der Waals surface area contributed by atoms with E-state index in [0.29, 0.717) is 0 Å². The van der Waals surface area contributed by atoms with Crippen LogP contribution >= 0.6 is 34.4 Å². The van der Waals surface area contributed by atoms with Gasteiger partial charge >= 0.3 is 0 Å². The molecule has 2 aromatic rings. The zero-order valence-electron chi connectivity index (χ0n) is 8.27. The molecule has 0 fully saturated rings. The third kappa shape index (κ3) is 3.19. The number of nitrogens with zero attached hydrogens (tertiary/aromatic N) is 2. The van der Waals surface area contributed by atoms with Gasteiger partial charge in [0.15, 0.2) is 4.34 Å². The Bertz CT molecular complexity index is 396. The molecule has 0 aromatic carbocycles. The zero-order valence-corrected chi connectivity index (χ0v) is 10.7. The van der Waals surface area contributed by atoms with Crippen molar-refractivity contribution in [3.8, 4) is 0 Å². The number of aryl methyl sites for hydroxylation is 1. The third-order valence-corrected chi connectivity index (χ3v) is 4.79. The van der Waals surface area contributed by atoms with Crippen molar-refractivity contribution in [2.24, 2.45) is 0 Å². The monoisotopic (exact) mass is 257 g/mol. The van der Waals surface area contributed by atoms with Crippen molar-refractivity contribution >= 4 is 39.6 Å². The number of anilines is 1. The summed E-state index contributed by atoms with van der Waals surface area (Å²) >= 11 is 5.18. The first-order chi connectivity index (χ1) is 7.38. The molecule has 0 saturated carbocycles. The molecular weight excluding hydrogens is 246 g/mol. The smallest absolute Gasteiger partial charge is 0.206 e. The molecule has 2 rings (SSSR count). The van der Waals surface area contributed by atoms with E-state index < -0.39 is 0 Å². The molecule has 0 unspecified atom stereocenters. The molecule has 1 N–H and O–H groups in total. The maximum atomic E-state index is 4.08. The predicted octanol–water partition coefficient (Wildman–Crippen LogP) is 2.98. The van der Waals surface area contributed by atoms with Gasteiger partial charge < -0.3 is 5.32 Å². The quantitative estimate of drug-likeness (QED) is 0.836. The van der Waals surface area contributed by atoms with Crippen LogP contribution in [0.4, 0.5) is 5.13 Å². The molecular formula is C9H11N3S3. The second-order valence-corrected chi connectivity index (χ2v) is 6.15. The van der Waals surface area contributed by atoms with Gasteiger partial charge in [0.25, 0.3) is 0 Å². The van der Waals surface area contributed by atoms with Gasteiger partial charge in [-0.3, -0.25) is 0 Å². The van der Waals surface area contributed by atoms with Gasteiger partial charge in [-0.2, -0.15) is 0 Å². The van der Waals surface area contributed by atoms with Crippen LogP contribution in [-0.2, 0) is 6.42 Å². The number of thiophene rings is 1. The van der Waals surface area contributed by atoms with Crippen LogP contribution in [0.1, 0.15) is 4.88 Å². The molecule has 0 amide bonds. The molecule has 0 radical (unpaired) electrons. The first-order valence-electron chi connectivity index (χ1n) is 4.55. The maximum absolute atomic E-state index is 4.08. The van der Waals surface area contributed by atoms with E-state index in [1.807, 2.05) is 18.4 Å². The van der Waals surface area contributed by atoms with E-state index in [4.69, 9.17) is 0 Å². The Morgan fingerprint density at radius 1 is 1.47 bits per heavy atom. The zero-order chi connectivity index (χ0) is 10.5. The molecule has 3 nitrogen and oxygen atoms in total. The summed E-state index contributed by atoms with van der Waals surface area (Å²) in [5.74, 6) is 1.07. The SMILES string of the molecule is CNc1nnc(SCCc2cccs2)s1. The van der Waals surface area contributed by atoms with Gasteiger partial charge in [-0.05, 0) is 17.9 Å². The molecule has 6 heteroatoms. The molecule has 0 aliphatic rings. The molecule has 0 bridgehead atoms. The molecule has 80 valence electrons. The van der Waals surface area contributed by atoms with Gasteiger partial charge in [0, 0.05) is 17.7 Å². The van der Waals surface area contributed by atoms with Gasteiger partial charge in [0.1, 0.15) is 0 Å². The van der Waals surface area contributed by atoms with Crippen LogP contribution in [0.2, 0.25) is 0 Å². The molecule has 0 aliphatic heterocycles. The highest BCUT2D eigenvalue weighted by atomic mass is 32.2. The van der Waals surface area contributed by atoms with E-state index in [1.165, 1.54) is 4.88 Å². The second kappa shape index (κ2) is 5.48. The predicted molar refractivity (Wildman–Crippen MR) is 68.2 cm³/mol. The first-order valence-corrected chi connectivity index (χ1v) is 7.23. The fraction of sp³-hybridized carbons (Fsp3) is 0.333. The van der Waals surface area contributed by atoms with Gasteiger partial charge in [-0.25, -0.2) is 0 Å². The summed E-state index contributed by atoms with van der Waals surface area (Å²) < 4.78 is 1.04. The highest BCUT2D eigenvalue weighted by Crippen LogP contribution is 2.26. The summed E-state index contributed by atoms with van der Waals surface area (Å²) in [5, 5.41) is 14.1. The Hall–Kier alpha value is -0.590. The van der Waals surface area contributed by atoms with Crippen LogP contribution in [0.3, 0.4) is 0 Å². The lowest BCUT2D eigenvalue weighted by Gasteiger charge is -1.94. The Morgan fingerprint density at radius 3 is 3.07 bits per heavy atom. The van der Waals surface area contributed by atoms with Gasteiger partial charge in [-0.1, -0.05) is 29.2 Å². The van der Waals surface area contributed by atoms with Crippen molar-refractivity contribution in [1.29, 1.82) is 0 Å². The molecule has 0 saturated heterocycles. The van der Waals surface area contributed by atoms with Crippen molar-refractivity contribution in [3.63, 3.8) is 0 Å². The van der Waals surface area contributed by atoms with Crippen molar-refractivity contribution in [3.05, 3.63) is 22.4 Å². The summed E-state index contributed by atoms with van der Waals surface area (Å²) in [6.07, 6.45) is 1.11. The molecule has 2 heterocycles. The van der Waals surface area contributed by atoms with Crippen molar-refractivity contribution in [2.45, 2.75) is 10.8 Å². The molecule has 2 aromatic heterocycles. The van der Waals surface area contributed by atoms with E-state index in [2.05, 4.69) is 33.0 Å². The number of hydrogen-bond acceptors (Lipinski definition) is 6. The number of rotatable bonds is 5. The number of nitrogens with one attached hydrogen (secondary N) is 1. The second-order valence-electron chi connectivity index (χ2n) is 2.80. The fourth-order valence-electron chi connectivity index (χ4n) is 1.06. The lowest BCUT2D eigenvalue weighted by molar-refractivity contribution is 1.01. The van der Waals surface area contributed by atoms with Crippen LogP contribution in [0, 0.1) is 0 Å². The van der Waals surface area contributed by atoms with E-state index in [-0.39, 0.29) is 0 Å². The Labute approximate surface area is 101 Å². The van der Waals surface area contributed by atoms with E-state index in [0.717, 1.165) is 21.6 Å². The summed E-state index contributed by atoms with van der Waals surface area (Å²) in [6.45, 7) is 0. The summed E-state index contributed by atoms with van der Waals surface area (Å²) in [4.78, 5) is 1.43. The topological polar surface area (TPSA) is 37.8 Å². The Balaban J connectivity index is 1.78. The van der Waals surface area contributed by atoms with E-state index in [1.54, 1.807) is 23.1 Å². The Kier molecular flexibility index (Phi) is 3.99. The van der Waals surface area contributed by atoms with Crippen molar-refractivity contribution in [2.75, 3.05) is 18.1 Å². The standard InChI is InChI=1S/C9H11N3S3/c1-10-8-11-12-9(15-8)14-6-4-7-3-2-5-13-7/h2-3,5H,4,6H2,1H3,(H,10,11). The van der Waals surface area contributed by atoms with E-state index in [9.17, 15) is 0 Å². The fourth-order valence-corrected chi connectivity index (χ4v) is 3.65. The van der Waals surface area contributed by atoms with Crippen LogP contribution in [0.5, 0.6) is 0 Å². The highest BCUT2D eigenvalue weighted by Gasteiger charge is 2.03.